The van der Waals surface area contributed by atoms with Gasteiger partial charge in [-0.25, -0.2) is 4.79 Å². The molecule has 1 fully saturated rings. The average molecular weight is 387 g/mol. The van der Waals surface area contributed by atoms with Crippen molar-refractivity contribution in [1.82, 2.24) is 19.4 Å². The van der Waals surface area contributed by atoms with E-state index in [-0.39, 0.29) is 11.6 Å². The van der Waals surface area contributed by atoms with E-state index in [1.807, 2.05) is 31.2 Å². The first-order valence-corrected chi connectivity index (χ1v) is 10.7. The number of imidazole rings is 1. The summed E-state index contributed by atoms with van der Waals surface area (Å²) < 4.78 is 3.47. The van der Waals surface area contributed by atoms with E-state index in [4.69, 9.17) is 0 Å². The van der Waals surface area contributed by atoms with Gasteiger partial charge < -0.3 is 10.2 Å². The highest BCUT2D eigenvalue weighted by Gasteiger charge is 2.21. The van der Waals surface area contributed by atoms with Gasteiger partial charge in [0.2, 0.25) is 5.91 Å². The number of amides is 1. The van der Waals surface area contributed by atoms with E-state index >= 15 is 0 Å². The quantitative estimate of drug-likeness (QED) is 0.710. The van der Waals surface area contributed by atoms with Gasteiger partial charge >= 0.3 is 5.69 Å². The van der Waals surface area contributed by atoms with Crippen LogP contribution in [0.25, 0.3) is 11.0 Å². The van der Waals surface area contributed by atoms with E-state index in [0.717, 1.165) is 35.8 Å². The van der Waals surface area contributed by atoms with Gasteiger partial charge in [0, 0.05) is 39.1 Å². The van der Waals surface area contributed by atoms with E-state index in [2.05, 4.69) is 24.1 Å². The lowest BCUT2D eigenvalue weighted by Gasteiger charge is -2.34. The molecule has 28 heavy (non-hydrogen) atoms. The second kappa shape index (κ2) is 9.41. The smallest absolute Gasteiger partial charge is 0.329 e. The summed E-state index contributed by atoms with van der Waals surface area (Å²) in [6, 6.07) is 7.77. The summed E-state index contributed by atoms with van der Waals surface area (Å²) >= 11 is 0. The van der Waals surface area contributed by atoms with Crippen LogP contribution in [0.5, 0.6) is 0 Å². The third kappa shape index (κ3) is 4.85. The number of piperidine rings is 1. The fraction of sp³-hybridized carbons (Fsp3) is 0.636. The molecule has 2 atom stereocenters. The van der Waals surface area contributed by atoms with Gasteiger partial charge in [-0.2, -0.15) is 0 Å². The maximum Gasteiger partial charge on any atom is 0.329 e. The molecule has 0 aliphatic carbocycles. The number of hydrogen-bond donors (Lipinski definition) is 1. The first-order valence-electron chi connectivity index (χ1n) is 10.7. The summed E-state index contributed by atoms with van der Waals surface area (Å²) in [6.45, 7) is 11.7. The van der Waals surface area contributed by atoms with Crippen LogP contribution in [0.3, 0.4) is 0 Å². The van der Waals surface area contributed by atoms with Gasteiger partial charge in [-0.1, -0.05) is 26.0 Å². The molecule has 1 aromatic heterocycles. The number of carbonyl (C=O) groups excluding carboxylic acids is 1. The Morgan fingerprint density at radius 1 is 1.07 bits per heavy atom. The third-order valence-corrected chi connectivity index (χ3v) is 5.72. The fourth-order valence-corrected chi connectivity index (χ4v) is 4.60. The summed E-state index contributed by atoms with van der Waals surface area (Å²) in [5.41, 5.74) is 1.79. The van der Waals surface area contributed by atoms with Crippen LogP contribution in [-0.2, 0) is 17.9 Å². The number of fused-ring (bicyclic) bond motifs is 1. The Balaban J connectivity index is 1.46. The molecule has 6 heteroatoms. The molecule has 0 spiro atoms. The minimum atomic E-state index is -0.0372. The number of nitrogens with one attached hydrogen (secondary N) is 1. The van der Waals surface area contributed by atoms with Crippen LogP contribution in [0.1, 0.15) is 40.0 Å². The van der Waals surface area contributed by atoms with Crippen molar-refractivity contribution in [3.8, 4) is 0 Å². The van der Waals surface area contributed by atoms with Gasteiger partial charge in [0.15, 0.2) is 0 Å². The van der Waals surface area contributed by atoms with Crippen LogP contribution in [0.2, 0.25) is 0 Å². The number of likely N-dealkylation sites (tertiary alicyclic amines) is 1. The Labute approximate surface area is 167 Å². The molecular formula is C22H34N4O2. The van der Waals surface area contributed by atoms with E-state index in [1.165, 1.54) is 19.5 Å². The number of carbonyl (C=O) groups is 1. The second-order valence-electron chi connectivity index (χ2n) is 8.33. The second-order valence-corrected chi connectivity index (χ2v) is 8.33. The monoisotopic (exact) mass is 386 g/mol. The van der Waals surface area contributed by atoms with Crippen LogP contribution in [0.4, 0.5) is 0 Å². The third-order valence-electron chi connectivity index (χ3n) is 5.72. The molecule has 0 bridgehead atoms. The van der Waals surface area contributed by atoms with Crippen molar-refractivity contribution >= 4 is 16.9 Å². The maximum atomic E-state index is 12.6. The van der Waals surface area contributed by atoms with Gasteiger partial charge in [0.25, 0.3) is 0 Å². The minimum absolute atomic E-state index is 0.0145. The van der Waals surface area contributed by atoms with Gasteiger partial charge in [0.1, 0.15) is 0 Å². The first-order chi connectivity index (χ1) is 13.5. The Kier molecular flexibility index (Phi) is 6.94. The highest BCUT2D eigenvalue weighted by molar-refractivity contribution is 5.77. The van der Waals surface area contributed by atoms with Crippen molar-refractivity contribution in [2.45, 2.75) is 53.1 Å². The SMILES string of the molecule is CCn1c(=O)n(CCC(=O)NCCCN2CC(C)CC(C)C2)c2ccccc21. The summed E-state index contributed by atoms with van der Waals surface area (Å²) in [7, 11) is 0. The lowest BCUT2D eigenvalue weighted by Crippen LogP contribution is -2.40. The Bertz CT molecular complexity index is 844. The van der Waals surface area contributed by atoms with Crippen LogP contribution in [0.15, 0.2) is 29.1 Å². The van der Waals surface area contributed by atoms with Gasteiger partial charge in [-0.3, -0.25) is 13.9 Å². The Morgan fingerprint density at radius 2 is 1.71 bits per heavy atom. The summed E-state index contributed by atoms with van der Waals surface area (Å²) in [5.74, 6) is 1.55. The Morgan fingerprint density at radius 3 is 2.36 bits per heavy atom. The predicted octanol–water partition coefficient (Wildman–Crippen LogP) is 2.70. The lowest BCUT2D eigenvalue weighted by molar-refractivity contribution is -0.121. The molecule has 2 heterocycles. The maximum absolute atomic E-state index is 12.6. The molecule has 1 saturated heterocycles. The summed E-state index contributed by atoms with van der Waals surface area (Å²) in [4.78, 5) is 27.4. The number of aryl methyl sites for hydroxylation is 2. The van der Waals surface area contributed by atoms with Gasteiger partial charge in [-0.15, -0.1) is 0 Å². The molecule has 3 rings (SSSR count). The van der Waals surface area contributed by atoms with Crippen LogP contribution >= 0.6 is 0 Å². The van der Waals surface area contributed by atoms with Gasteiger partial charge in [-0.05, 0) is 50.3 Å². The number of nitrogens with zero attached hydrogens (tertiary/aromatic N) is 3. The first kappa shape index (κ1) is 20.6. The molecule has 1 aliphatic rings. The summed E-state index contributed by atoms with van der Waals surface area (Å²) in [5, 5.41) is 3.02. The van der Waals surface area contributed by atoms with Crippen LogP contribution < -0.4 is 11.0 Å². The lowest BCUT2D eigenvalue weighted by atomic mass is 9.92. The summed E-state index contributed by atoms with van der Waals surface area (Å²) in [6.07, 6.45) is 2.62. The van der Waals surface area contributed by atoms with Crippen molar-refractivity contribution in [3.63, 3.8) is 0 Å². The average Bonchev–Trinajstić information content (AvgIpc) is 2.93. The Hall–Kier alpha value is -2.08. The van der Waals surface area contributed by atoms with Crippen molar-refractivity contribution in [2.24, 2.45) is 11.8 Å². The number of aromatic nitrogens is 2. The zero-order chi connectivity index (χ0) is 20.1. The minimum Gasteiger partial charge on any atom is -0.356 e. The zero-order valence-corrected chi connectivity index (χ0v) is 17.5. The number of rotatable bonds is 8. The molecule has 0 radical (unpaired) electrons. The van der Waals surface area contributed by atoms with Crippen molar-refractivity contribution in [2.75, 3.05) is 26.2 Å². The van der Waals surface area contributed by atoms with E-state index in [0.29, 0.717) is 26.1 Å². The molecule has 2 unspecified atom stereocenters. The van der Waals surface area contributed by atoms with Crippen molar-refractivity contribution < 1.29 is 4.79 Å². The molecule has 1 aliphatic heterocycles. The fourth-order valence-electron chi connectivity index (χ4n) is 4.60. The molecular weight excluding hydrogens is 352 g/mol. The highest BCUT2D eigenvalue weighted by atomic mass is 16.2. The van der Waals surface area contributed by atoms with Gasteiger partial charge in [0.05, 0.1) is 11.0 Å². The molecule has 2 aromatic rings. The van der Waals surface area contributed by atoms with Crippen molar-refractivity contribution in [1.29, 1.82) is 0 Å². The van der Waals surface area contributed by atoms with E-state index in [9.17, 15) is 9.59 Å². The predicted molar refractivity (Wildman–Crippen MR) is 114 cm³/mol. The normalized spacial score (nSPS) is 20.5. The largest absolute Gasteiger partial charge is 0.356 e. The molecule has 154 valence electrons. The van der Waals surface area contributed by atoms with Crippen molar-refractivity contribution in [3.05, 3.63) is 34.7 Å². The highest BCUT2D eigenvalue weighted by Crippen LogP contribution is 2.20. The van der Waals surface area contributed by atoms with E-state index < -0.39 is 0 Å². The number of benzene rings is 1. The van der Waals surface area contributed by atoms with Crippen LogP contribution in [0, 0.1) is 11.8 Å². The number of para-hydroxylation sites is 2. The number of hydrogen-bond acceptors (Lipinski definition) is 3. The molecule has 1 N–H and O–H groups in total. The zero-order valence-electron chi connectivity index (χ0n) is 17.5. The molecule has 1 aromatic carbocycles. The topological polar surface area (TPSA) is 59.3 Å². The molecule has 1 amide bonds. The molecule has 6 nitrogen and oxygen atoms in total. The van der Waals surface area contributed by atoms with E-state index in [1.54, 1.807) is 9.13 Å². The standard InChI is InChI=1S/C22H34N4O2/c1-4-25-19-8-5-6-9-20(19)26(22(25)28)13-10-21(27)23-11-7-12-24-15-17(2)14-18(3)16-24/h5-6,8-9,17-18H,4,7,10-16H2,1-3H3,(H,23,27). The van der Waals surface area contributed by atoms with Crippen LogP contribution in [-0.4, -0.2) is 46.1 Å². The molecule has 0 saturated carbocycles.